The number of hydrogen-bond donors (Lipinski definition) is 1. The van der Waals surface area contributed by atoms with Gasteiger partial charge in [-0.05, 0) is 37.8 Å². The number of benzene rings is 2. The smallest absolute Gasteiger partial charge is 0.233 e. The summed E-state index contributed by atoms with van der Waals surface area (Å²) in [6.45, 7) is 5.27. The zero-order valence-electron chi connectivity index (χ0n) is 18.5. The van der Waals surface area contributed by atoms with Crippen LogP contribution in [0.2, 0.25) is 0 Å². The first-order valence-corrected chi connectivity index (χ1v) is 11.8. The van der Waals surface area contributed by atoms with Gasteiger partial charge in [-0.2, -0.15) is 0 Å². The average Bonchev–Trinajstić information content (AvgIpc) is 3.21. The van der Waals surface area contributed by atoms with Crippen molar-refractivity contribution >= 4 is 23.6 Å². The molecule has 0 saturated carbocycles. The Kier molecular flexibility index (Phi) is 6.65. The Morgan fingerprint density at radius 2 is 1.81 bits per heavy atom. The van der Waals surface area contributed by atoms with Crippen LogP contribution in [0.5, 0.6) is 0 Å². The highest BCUT2D eigenvalue weighted by molar-refractivity contribution is 7.99. The highest BCUT2D eigenvalue weighted by Crippen LogP contribution is 2.33. The van der Waals surface area contributed by atoms with Crippen molar-refractivity contribution in [3.8, 4) is 16.9 Å². The molecule has 0 spiro atoms. The third-order valence-electron chi connectivity index (χ3n) is 5.96. The molecular formula is C25H28N4O2S. The molecule has 1 aromatic heterocycles. The van der Waals surface area contributed by atoms with Gasteiger partial charge in [0.1, 0.15) is 0 Å². The summed E-state index contributed by atoms with van der Waals surface area (Å²) in [6, 6.07) is 16.4. The van der Waals surface area contributed by atoms with Gasteiger partial charge in [0.2, 0.25) is 11.8 Å². The molecule has 166 valence electrons. The number of carbonyl (C=O) groups excluding carboxylic acids is 2. The van der Waals surface area contributed by atoms with Crippen LogP contribution in [0.4, 0.5) is 0 Å². The lowest BCUT2D eigenvalue weighted by Crippen LogP contribution is -2.44. The molecule has 1 aliphatic rings. The maximum Gasteiger partial charge on any atom is 0.233 e. The number of nitrogens with two attached hydrogens (primary N) is 1. The second kappa shape index (κ2) is 9.61. The second-order valence-corrected chi connectivity index (χ2v) is 9.18. The summed E-state index contributed by atoms with van der Waals surface area (Å²) in [5.41, 5.74) is 10.9. The summed E-state index contributed by atoms with van der Waals surface area (Å²) in [4.78, 5) is 30.9. The van der Waals surface area contributed by atoms with E-state index in [1.54, 1.807) is 4.90 Å². The number of thioether (sulfide) groups is 1. The minimum Gasteiger partial charge on any atom is -0.369 e. The van der Waals surface area contributed by atoms with Crippen molar-refractivity contribution in [1.29, 1.82) is 0 Å². The third kappa shape index (κ3) is 4.58. The molecule has 2 amide bonds. The van der Waals surface area contributed by atoms with Gasteiger partial charge in [-0.25, -0.2) is 4.98 Å². The first kappa shape index (κ1) is 22.1. The molecule has 4 rings (SSSR count). The normalized spacial score (nSPS) is 16.2. The number of primary amides is 1. The maximum atomic E-state index is 12.9. The molecule has 1 atom stereocenters. The van der Waals surface area contributed by atoms with Crippen molar-refractivity contribution in [1.82, 2.24) is 14.5 Å². The molecule has 1 saturated heterocycles. The molecule has 6 nitrogen and oxygen atoms in total. The second-order valence-electron chi connectivity index (χ2n) is 8.24. The fraction of sp³-hybridized carbons (Fsp3) is 0.320. The number of carbonyl (C=O) groups is 2. The van der Waals surface area contributed by atoms with Crippen molar-refractivity contribution < 1.29 is 9.59 Å². The van der Waals surface area contributed by atoms with Crippen molar-refractivity contribution in [3.05, 3.63) is 65.9 Å². The van der Waals surface area contributed by atoms with E-state index in [0.717, 1.165) is 46.1 Å². The van der Waals surface area contributed by atoms with Gasteiger partial charge in [-0.15, -0.1) is 0 Å². The van der Waals surface area contributed by atoms with Gasteiger partial charge in [0.25, 0.3) is 0 Å². The Hall–Kier alpha value is -3.06. The standard InChI is InChI=1S/C25H28N4O2S/c1-17-8-6-9-18(2)23(17)29-21(19-10-4-3-5-11-19)14-27-25(29)32-16-22(30)28-13-7-12-20(15-28)24(26)31/h3-6,8-11,14,20H,7,12-13,15-16H2,1-2H3,(H2,26,31)/t20-/m0/s1. The number of piperidine rings is 1. The molecule has 0 radical (unpaired) electrons. The summed E-state index contributed by atoms with van der Waals surface area (Å²) in [6.07, 6.45) is 3.43. The van der Waals surface area contributed by atoms with E-state index in [1.165, 1.54) is 11.8 Å². The van der Waals surface area contributed by atoms with E-state index in [4.69, 9.17) is 10.7 Å². The molecule has 3 aromatic rings. The van der Waals surface area contributed by atoms with E-state index in [9.17, 15) is 9.59 Å². The molecule has 1 fully saturated rings. The maximum absolute atomic E-state index is 12.9. The number of nitrogens with zero attached hydrogens (tertiary/aromatic N) is 3. The zero-order chi connectivity index (χ0) is 22.7. The first-order valence-electron chi connectivity index (χ1n) is 10.9. The van der Waals surface area contributed by atoms with Gasteiger partial charge in [0, 0.05) is 18.7 Å². The summed E-state index contributed by atoms with van der Waals surface area (Å²) in [5, 5.41) is 0.776. The molecule has 7 heteroatoms. The van der Waals surface area contributed by atoms with Crippen molar-refractivity contribution in [2.45, 2.75) is 31.8 Å². The fourth-order valence-electron chi connectivity index (χ4n) is 4.28. The average molecular weight is 449 g/mol. The number of likely N-dealkylation sites (tertiary alicyclic amines) is 1. The lowest BCUT2D eigenvalue weighted by molar-refractivity contribution is -0.132. The van der Waals surface area contributed by atoms with Crippen LogP contribution < -0.4 is 5.73 Å². The predicted octanol–water partition coefficient (Wildman–Crippen LogP) is 3.97. The Bertz CT molecular complexity index is 1110. The van der Waals surface area contributed by atoms with Crippen LogP contribution >= 0.6 is 11.8 Å². The summed E-state index contributed by atoms with van der Waals surface area (Å²) >= 11 is 1.43. The number of amides is 2. The molecule has 0 aliphatic carbocycles. The van der Waals surface area contributed by atoms with Crippen LogP contribution in [0, 0.1) is 19.8 Å². The van der Waals surface area contributed by atoms with Crippen molar-refractivity contribution in [3.63, 3.8) is 0 Å². The molecule has 2 heterocycles. The number of rotatable bonds is 6. The van der Waals surface area contributed by atoms with E-state index in [-0.39, 0.29) is 23.5 Å². The van der Waals surface area contributed by atoms with Crippen LogP contribution in [0.25, 0.3) is 16.9 Å². The molecule has 0 bridgehead atoms. The lowest BCUT2D eigenvalue weighted by Gasteiger charge is -2.31. The molecule has 2 N–H and O–H groups in total. The summed E-state index contributed by atoms with van der Waals surface area (Å²) in [5.74, 6) is -0.299. The first-order chi connectivity index (χ1) is 15.5. The molecule has 32 heavy (non-hydrogen) atoms. The predicted molar refractivity (Wildman–Crippen MR) is 128 cm³/mol. The summed E-state index contributed by atoms with van der Waals surface area (Å²) < 4.78 is 2.15. The van der Waals surface area contributed by atoms with Crippen molar-refractivity contribution in [2.75, 3.05) is 18.8 Å². The van der Waals surface area contributed by atoms with Gasteiger partial charge >= 0.3 is 0 Å². The van der Waals surface area contributed by atoms with Gasteiger partial charge in [0.05, 0.1) is 29.2 Å². The van der Waals surface area contributed by atoms with Gasteiger partial charge in [-0.1, -0.05) is 60.3 Å². The van der Waals surface area contributed by atoms with Crippen LogP contribution in [0.3, 0.4) is 0 Å². The highest BCUT2D eigenvalue weighted by atomic mass is 32.2. The van der Waals surface area contributed by atoms with Gasteiger partial charge in [0.15, 0.2) is 5.16 Å². The minimum absolute atomic E-state index is 0.0123. The number of hydrogen-bond acceptors (Lipinski definition) is 4. The van der Waals surface area contributed by atoms with Gasteiger partial charge < -0.3 is 10.6 Å². The summed E-state index contributed by atoms with van der Waals surface area (Å²) in [7, 11) is 0. The number of aryl methyl sites for hydroxylation is 2. The van der Waals surface area contributed by atoms with Crippen molar-refractivity contribution in [2.24, 2.45) is 11.7 Å². The largest absolute Gasteiger partial charge is 0.369 e. The monoisotopic (exact) mass is 448 g/mol. The number of imidazole rings is 1. The fourth-order valence-corrected chi connectivity index (χ4v) is 5.16. The third-order valence-corrected chi connectivity index (χ3v) is 6.90. The van der Waals surface area contributed by atoms with Crippen LogP contribution in [0.15, 0.2) is 59.9 Å². The topological polar surface area (TPSA) is 81.2 Å². The Balaban J connectivity index is 1.63. The van der Waals surface area contributed by atoms with Crippen LogP contribution in [-0.4, -0.2) is 45.1 Å². The molecule has 2 aromatic carbocycles. The minimum atomic E-state index is -0.326. The van der Waals surface area contributed by atoms with E-state index < -0.39 is 0 Å². The van der Waals surface area contributed by atoms with Crippen LogP contribution in [-0.2, 0) is 9.59 Å². The number of para-hydroxylation sites is 1. The van der Waals surface area contributed by atoms with Gasteiger partial charge in [-0.3, -0.25) is 14.2 Å². The quantitative estimate of drug-likeness (QED) is 0.579. The Morgan fingerprint density at radius 3 is 2.50 bits per heavy atom. The SMILES string of the molecule is Cc1cccc(C)c1-n1c(-c2ccccc2)cnc1SCC(=O)N1CCC[C@H](C(N)=O)C1. The van der Waals surface area contributed by atoms with E-state index in [1.807, 2.05) is 24.4 Å². The van der Waals surface area contributed by atoms with Crippen LogP contribution in [0.1, 0.15) is 24.0 Å². The molecular weight excluding hydrogens is 420 g/mol. The lowest BCUT2D eigenvalue weighted by atomic mass is 9.97. The molecule has 0 unspecified atom stereocenters. The number of aromatic nitrogens is 2. The zero-order valence-corrected chi connectivity index (χ0v) is 19.3. The van der Waals surface area contributed by atoms with E-state index >= 15 is 0 Å². The van der Waals surface area contributed by atoms with E-state index in [2.05, 4.69) is 48.7 Å². The van der Waals surface area contributed by atoms with E-state index in [0.29, 0.717) is 13.1 Å². The Morgan fingerprint density at radius 1 is 1.09 bits per heavy atom. The highest BCUT2D eigenvalue weighted by Gasteiger charge is 2.27. The Labute approximate surface area is 192 Å². The molecule has 1 aliphatic heterocycles.